The second-order valence-electron chi connectivity index (χ2n) is 8.85. The number of benzene rings is 1. The predicted octanol–water partition coefficient (Wildman–Crippen LogP) is 4.45. The fraction of sp³-hybridized carbons (Fsp3) is 0.682. The second-order valence-corrected chi connectivity index (χ2v) is 10.0. The minimum Gasteiger partial charge on any atom is -0.384 e. The van der Waals surface area contributed by atoms with Crippen LogP contribution in [0.5, 0.6) is 0 Å². The molecule has 2 heterocycles. The highest BCUT2D eigenvalue weighted by atomic mass is 35.5. The van der Waals surface area contributed by atoms with Gasteiger partial charge in [0.25, 0.3) is 0 Å². The Hall–Kier alpha value is -0.850. The number of hydrogen-bond acceptors (Lipinski definition) is 5. The molecular formula is C22H31Cl2N3O2. The van der Waals surface area contributed by atoms with Crippen molar-refractivity contribution in [1.29, 1.82) is 0 Å². The molecule has 0 radical (unpaired) electrons. The molecule has 3 aliphatic rings. The van der Waals surface area contributed by atoms with Gasteiger partial charge in [-0.2, -0.15) is 0 Å². The van der Waals surface area contributed by atoms with Gasteiger partial charge in [-0.3, -0.25) is 5.32 Å². The van der Waals surface area contributed by atoms with Crippen molar-refractivity contribution in [3.8, 4) is 0 Å². The van der Waals surface area contributed by atoms with Gasteiger partial charge >= 0.3 is 0 Å². The lowest BCUT2D eigenvalue weighted by atomic mass is 9.68. The van der Waals surface area contributed by atoms with Crippen LogP contribution < -0.4 is 11.1 Å². The Kier molecular flexibility index (Phi) is 6.16. The maximum Gasteiger partial charge on any atom is 0.155 e. The Balaban J connectivity index is 1.68. The Morgan fingerprint density at radius 3 is 2.59 bits per heavy atom. The van der Waals surface area contributed by atoms with E-state index >= 15 is 0 Å². The van der Waals surface area contributed by atoms with E-state index in [4.69, 9.17) is 33.7 Å². The third kappa shape index (κ3) is 3.81. The molecule has 5 nitrogen and oxygen atoms in total. The molecule has 1 aromatic carbocycles. The summed E-state index contributed by atoms with van der Waals surface area (Å²) < 4.78 is 5.73. The van der Waals surface area contributed by atoms with E-state index in [9.17, 15) is 5.11 Å². The van der Waals surface area contributed by atoms with Crippen molar-refractivity contribution >= 4 is 34.7 Å². The Labute approximate surface area is 183 Å². The first-order valence-electron chi connectivity index (χ1n) is 10.7. The number of ether oxygens (including phenoxy) is 1. The SMILES string of the molecule is COC1NCC(Cl)(C2CCCCCCC2)CC1C1(O)C(N)=Nc2ccc(Cl)cc21. The molecule has 2 fully saturated rings. The zero-order valence-electron chi connectivity index (χ0n) is 17.0. The van der Waals surface area contributed by atoms with E-state index < -0.39 is 10.5 Å². The quantitative estimate of drug-likeness (QED) is 0.607. The van der Waals surface area contributed by atoms with Crippen LogP contribution in [0.25, 0.3) is 0 Å². The summed E-state index contributed by atoms with van der Waals surface area (Å²) in [4.78, 5) is 3.99. The molecule has 1 aromatic rings. The van der Waals surface area contributed by atoms with E-state index in [2.05, 4.69) is 10.3 Å². The lowest BCUT2D eigenvalue weighted by Gasteiger charge is -2.49. The number of nitrogens with two attached hydrogens (primary N) is 1. The first-order chi connectivity index (χ1) is 13.9. The average Bonchev–Trinajstić information content (AvgIpc) is 2.92. The second kappa shape index (κ2) is 8.35. The number of piperidine rings is 1. The van der Waals surface area contributed by atoms with Crippen LogP contribution in [0, 0.1) is 11.8 Å². The zero-order chi connectivity index (χ0) is 20.6. The molecule has 0 amide bonds. The maximum absolute atomic E-state index is 11.9. The molecule has 1 aliphatic carbocycles. The molecule has 4 unspecified atom stereocenters. The number of amidine groups is 1. The lowest BCUT2D eigenvalue weighted by molar-refractivity contribution is -0.0894. The number of fused-ring (bicyclic) bond motifs is 1. The van der Waals surface area contributed by atoms with Crippen LogP contribution in [0.4, 0.5) is 5.69 Å². The molecule has 4 rings (SSSR count). The van der Waals surface area contributed by atoms with E-state index in [1.165, 1.54) is 32.1 Å². The van der Waals surface area contributed by atoms with Crippen LogP contribution in [-0.2, 0) is 10.3 Å². The number of rotatable bonds is 3. The molecular weight excluding hydrogens is 409 g/mol. The minimum absolute atomic E-state index is 0.183. The number of alkyl halides is 1. The van der Waals surface area contributed by atoms with Gasteiger partial charge < -0.3 is 15.6 Å². The summed E-state index contributed by atoms with van der Waals surface area (Å²) in [6.07, 6.45) is 8.77. The molecule has 0 spiro atoms. The van der Waals surface area contributed by atoms with E-state index in [1.54, 1.807) is 25.3 Å². The number of aliphatic hydroxyl groups is 1. The monoisotopic (exact) mass is 439 g/mol. The summed E-state index contributed by atoms with van der Waals surface area (Å²) in [5, 5.41) is 15.9. The van der Waals surface area contributed by atoms with Gasteiger partial charge in [0.1, 0.15) is 12.1 Å². The van der Waals surface area contributed by atoms with Gasteiger partial charge in [-0.1, -0.05) is 43.7 Å². The Morgan fingerprint density at radius 2 is 1.90 bits per heavy atom. The van der Waals surface area contributed by atoms with Crippen molar-refractivity contribution in [1.82, 2.24) is 5.32 Å². The standard InChI is InChI=1S/C22H31Cl2N3O2/c1-29-19-17(22(28)16-11-15(23)9-10-18(16)27-20(22)25)12-21(24,13-26-19)14-7-5-3-2-4-6-8-14/h9-11,14,17,19,26,28H,2-8,12-13H2,1H3,(H2,25,27). The van der Waals surface area contributed by atoms with E-state index in [1.807, 2.05) is 0 Å². The molecule has 7 heteroatoms. The molecule has 0 aromatic heterocycles. The van der Waals surface area contributed by atoms with Gasteiger partial charge in [0.15, 0.2) is 5.60 Å². The summed E-state index contributed by atoms with van der Waals surface area (Å²) in [7, 11) is 1.65. The van der Waals surface area contributed by atoms with Crippen LogP contribution in [-0.4, -0.2) is 35.7 Å². The van der Waals surface area contributed by atoms with Gasteiger partial charge in [0, 0.05) is 30.2 Å². The van der Waals surface area contributed by atoms with Gasteiger partial charge in [0.2, 0.25) is 0 Å². The van der Waals surface area contributed by atoms with Crippen molar-refractivity contribution in [2.24, 2.45) is 22.6 Å². The molecule has 1 saturated carbocycles. The van der Waals surface area contributed by atoms with E-state index in [-0.39, 0.29) is 18.0 Å². The van der Waals surface area contributed by atoms with Crippen molar-refractivity contribution in [3.05, 3.63) is 28.8 Å². The lowest BCUT2D eigenvalue weighted by Crippen LogP contribution is -2.63. The number of halogens is 2. The largest absolute Gasteiger partial charge is 0.384 e. The Morgan fingerprint density at radius 1 is 1.21 bits per heavy atom. The number of nitrogens with one attached hydrogen (secondary N) is 1. The smallest absolute Gasteiger partial charge is 0.155 e. The maximum atomic E-state index is 11.9. The van der Waals surface area contributed by atoms with Crippen molar-refractivity contribution < 1.29 is 9.84 Å². The first kappa shape index (κ1) is 21.4. The van der Waals surface area contributed by atoms with Gasteiger partial charge in [-0.25, -0.2) is 4.99 Å². The highest BCUT2D eigenvalue weighted by molar-refractivity contribution is 6.30. The summed E-state index contributed by atoms with van der Waals surface area (Å²) in [6.45, 7) is 0.657. The highest BCUT2D eigenvalue weighted by Gasteiger charge is 2.56. The topological polar surface area (TPSA) is 79.9 Å². The fourth-order valence-electron chi connectivity index (χ4n) is 5.51. The Bertz CT molecular complexity index is 781. The molecule has 4 N–H and O–H groups in total. The van der Waals surface area contributed by atoms with Crippen LogP contribution in [0.3, 0.4) is 0 Å². The highest BCUT2D eigenvalue weighted by Crippen LogP contribution is 2.51. The first-order valence-corrected chi connectivity index (χ1v) is 11.5. The van der Waals surface area contributed by atoms with Crippen LogP contribution in [0.2, 0.25) is 5.02 Å². The number of nitrogens with zero attached hydrogens (tertiary/aromatic N) is 1. The summed E-state index contributed by atoms with van der Waals surface area (Å²) >= 11 is 13.6. The molecule has 2 aliphatic heterocycles. The third-order valence-corrected chi connectivity index (χ3v) is 7.98. The fourth-order valence-corrected chi connectivity index (χ4v) is 6.14. The average molecular weight is 440 g/mol. The van der Waals surface area contributed by atoms with Crippen LogP contribution in [0.1, 0.15) is 56.9 Å². The van der Waals surface area contributed by atoms with Crippen LogP contribution in [0.15, 0.2) is 23.2 Å². The molecule has 0 bridgehead atoms. The molecule has 29 heavy (non-hydrogen) atoms. The minimum atomic E-state index is -1.46. The normalized spacial score (nSPS) is 36.2. The van der Waals surface area contributed by atoms with Crippen LogP contribution >= 0.6 is 23.2 Å². The van der Waals surface area contributed by atoms with Gasteiger partial charge in [-0.15, -0.1) is 11.6 Å². The summed E-state index contributed by atoms with van der Waals surface area (Å²) in [6, 6.07) is 5.31. The van der Waals surface area contributed by atoms with Crippen molar-refractivity contribution in [2.45, 2.75) is 68.1 Å². The van der Waals surface area contributed by atoms with Crippen molar-refractivity contribution in [3.63, 3.8) is 0 Å². The molecule has 1 saturated heterocycles. The summed E-state index contributed by atoms with van der Waals surface area (Å²) in [5.74, 6) is 0.217. The van der Waals surface area contributed by atoms with E-state index in [0.717, 1.165) is 12.8 Å². The van der Waals surface area contributed by atoms with Gasteiger partial charge in [-0.05, 0) is 43.4 Å². The predicted molar refractivity (Wildman–Crippen MR) is 118 cm³/mol. The molecule has 4 atom stereocenters. The zero-order valence-corrected chi connectivity index (χ0v) is 18.5. The number of hydrogen-bond donors (Lipinski definition) is 3. The van der Waals surface area contributed by atoms with Gasteiger partial charge in [0.05, 0.1) is 10.6 Å². The van der Waals surface area contributed by atoms with E-state index in [0.29, 0.717) is 35.2 Å². The molecule has 160 valence electrons. The third-order valence-electron chi connectivity index (χ3n) is 7.15. The number of aliphatic imine (C=N–C) groups is 1. The van der Waals surface area contributed by atoms with Crippen molar-refractivity contribution in [2.75, 3.05) is 13.7 Å². The number of methoxy groups -OCH3 is 1. The summed E-state index contributed by atoms with van der Waals surface area (Å²) in [5.41, 5.74) is 6.13.